The van der Waals surface area contributed by atoms with E-state index in [1.165, 1.54) is 5.56 Å². The first-order valence-electron chi connectivity index (χ1n) is 6.04. The summed E-state index contributed by atoms with van der Waals surface area (Å²) in [5.74, 6) is 0. The van der Waals surface area contributed by atoms with Gasteiger partial charge in [0.15, 0.2) is 0 Å². The van der Waals surface area contributed by atoms with Crippen LogP contribution in [0.15, 0.2) is 24.5 Å². The molecule has 2 N–H and O–H groups in total. The first-order chi connectivity index (χ1) is 7.77. The van der Waals surface area contributed by atoms with Crippen molar-refractivity contribution in [3.8, 4) is 0 Å². The second kappa shape index (κ2) is 7.36. The summed E-state index contributed by atoms with van der Waals surface area (Å²) < 4.78 is 0. The molecule has 2 unspecified atom stereocenters. The van der Waals surface area contributed by atoms with Gasteiger partial charge >= 0.3 is 0 Å². The lowest BCUT2D eigenvalue weighted by atomic mass is 10.0. The molecule has 0 radical (unpaired) electrons. The molecule has 16 heavy (non-hydrogen) atoms. The Balaban J connectivity index is 2.60. The van der Waals surface area contributed by atoms with E-state index in [2.05, 4.69) is 30.2 Å². The quantitative estimate of drug-likeness (QED) is 0.744. The molecular weight excluding hydrogens is 200 g/mol. The monoisotopic (exact) mass is 222 g/mol. The maximum absolute atomic E-state index is 8.90. The number of hydrogen-bond donors (Lipinski definition) is 2. The fourth-order valence-electron chi connectivity index (χ4n) is 1.84. The van der Waals surface area contributed by atoms with Crippen LogP contribution in [-0.2, 0) is 0 Å². The van der Waals surface area contributed by atoms with Crippen molar-refractivity contribution < 1.29 is 5.11 Å². The molecule has 90 valence electrons. The molecule has 0 aliphatic rings. The van der Waals surface area contributed by atoms with Gasteiger partial charge in [-0.15, -0.1) is 0 Å². The predicted molar refractivity (Wildman–Crippen MR) is 66.2 cm³/mol. The van der Waals surface area contributed by atoms with Crippen molar-refractivity contribution in [2.24, 2.45) is 0 Å². The minimum Gasteiger partial charge on any atom is -0.396 e. The third-order valence-electron chi connectivity index (χ3n) is 2.71. The van der Waals surface area contributed by atoms with Crippen LogP contribution in [0.5, 0.6) is 0 Å². The molecule has 3 heteroatoms. The molecule has 1 heterocycles. The van der Waals surface area contributed by atoms with Crippen molar-refractivity contribution in [1.29, 1.82) is 0 Å². The molecule has 0 fully saturated rings. The van der Waals surface area contributed by atoms with Gasteiger partial charge in [0.2, 0.25) is 0 Å². The van der Waals surface area contributed by atoms with Crippen LogP contribution in [0, 0.1) is 0 Å². The molecule has 0 aliphatic heterocycles. The lowest BCUT2D eigenvalue weighted by Crippen LogP contribution is -2.31. The Hall–Kier alpha value is -0.930. The van der Waals surface area contributed by atoms with Crippen LogP contribution in [-0.4, -0.2) is 22.7 Å². The van der Waals surface area contributed by atoms with Crippen LogP contribution < -0.4 is 5.32 Å². The molecule has 2 atom stereocenters. The summed E-state index contributed by atoms with van der Waals surface area (Å²) in [6.07, 6.45) is 6.74. The van der Waals surface area contributed by atoms with Crippen LogP contribution in [0.1, 0.15) is 44.7 Å². The summed E-state index contributed by atoms with van der Waals surface area (Å²) in [5.41, 5.74) is 1.23. The smallest absolute Gasteiger partial charge is 0.0445 e. The predicted octanol–water partition coefficient (Wildman–Crippen LogP) is 2.28. The Bertz CT molecular complexity index is 277. The molecule has 1 aromatic heterocycles. The Morgan fingerprint density at radius 2 is 2.25 bits per heavy atom. The Morgan fingerprint density at radius 3 is 2.81 bits per heavy atom. The number of hydrogen-bond acceptors (Lipinski definition) is 3. The van der Waals surface area contributed by atoms with E-state index >= 15 is 0 Å². The van der Waals surface area contributed by atoms with Gasteiger partial charge in [0, 0.05) is 31.1 Å². The normalized spacial score (nSPS) is 14.7. The Labute approximate surface area is 97.9 Å². The first-order valence-corrected chi connectivity index (χ1v) is 6.04. The van der Waals surface area contributed by atoms with E-state index in [9.17, 15) is 0 Å². The fraction of sp³-hybridized carbons (Fsp3) is 0.615. The molecular formula is C13H22N2O. The minimum absolute atomic E-state index is 0.236. The van der Waals surface area contributed by atoms with Crippen molar-refractivity contribution >= 4 is 0 Å². The highest BCUT2D eigenvalue weighted by Crippen LogP contribution is 2.18. The van der Waals surface area contributed by atoms with Crippen molar-refractivity contribution in [2.75, 3.05) is 6.61 Å². The maximum Gasteiger partial charge on any atom is 0.0445 e. The zero-order chi connectivity index (χ0) is 11.8. The van der Waals surface area contributed by atoms with E-state index in [0.717, 1.165) is 19.3 Å². The van der Waals surface area contributed by atoms with E-state index in [1.54, 1.807) is 6.20 Å². The highest BCUT2D eigenvalue weighted by atomic mass is 16.3. The van der Waals surface area contributed by atoms with Crippen molar-refractivity contribution in [3.63, 3.8) is 0 Å². The molecule has 1 rings (SSSR count). The molecule has 0 aliphatic carbocycles. The molecule has 0 amide bonds. The van der Waals surface area contributed by atoms with Gasteiger partial charge in [0.1, 0.15) is 0 Å². The van der Waals surface area contributed by atoms with Crippen LogP contribution >= 0.6 is 0 Å². The van der Waals surface area contributed by atoms with E-state index in [0.29, 0.717) is 12.1 Å². The summed E-state index contributed by atoms with van der Waals surface area (Å²) in [5, 5.41) is 12.4. The van der Waals surface area contributed by atoms with E-state index in [4.69, 9.17) is 5.11 Å². The lowest BCUT2D eigenvalue weighted by Gasteiger charge is -2.22. The molecule has 0 spiro atoms. The number of aliphatic hydroxyl groups excluding tert-OH is 1. The third-order valence-corrected chi connectivity index (χ3v) is 2.71. The van der Waals surface area contributed by atoms with Gasteiger partial charge in [-0.25, -0.2) is 0 Å². The van der Waals surface area contributed by atoms with Crippen LogP contribution in [0.3, 0.4) is 0 Å². The lowest BCUT2D eigenvalue weighted by molar-refractivity contribution is 0.261. The van der Waals surface area contributed by atoms with Crippen LogP contribution in [0.2, 0.25) is 0 Å². The molecule has 3 nitrogen and oxygen atoms in total. The number of pyridine rings is 1. The zero-order valence-electron chi connectivity index (χ0n) is 10.2. The SMILES string of the molecule is CCCC(NC(C)CCO)c1cccnc1. The summed E-state index contributed by atoms with van der Waals surface area (Å²) >= 11 is 0. The van der Waals surface area contributed by atoms with E-state index < -0.39 is 0 Å². The van der Waals surface area contributed by atoms with Crippen molar-refractivity contribution in [3.05, 3.63) is 30.1 Å². The second-order valence-electron chi connectivity index (χ2n) is 4.21. The van der Waals surface area contributed by atoms with Gasteiger partial charge in [0.25, 0.3) is 0 Å². The summed E-state index contributed by atoms with van der Waals surface area (Å²) in [6.45, 7) is 4.52. The van der Waals surface area contributed by atoms with Crippen LogP contribution in [0.4, 0.5) is 0 Å². The number of aromatic nitrogens is 1. The van der Waals surface area contributed by atoms with Crippen molar-refractivity contribution in [2.45, 2.75) is 45.2 Å². The number of nitrogens with one attached hydrogen (secondary N) is 1. The Morgan fingerprint density at radius 1 is 1.44 bits per heavy atom. The summed E-state index contributed by atoms with van der Waals surface area (Å²) in [4.78, 5) is 4.15. The zero-order valence-corrected chi connectivity index (χ0v) is 10.2. The molecule has 0 aromatic carbocycles. The van der Waals surface area contributed by atoms with Gasteiger partial charge in [-0.05, 0) is 31.4 Å². The number of aliphatic hydroxyl groups is 1. The van der Waals surface area contributed by atoms with Gasteiger partial charge < -0.3 is 10.4 Å². The Kier molecular flexibility index (Phi) is 6.04. The van der Waals surface area contributed by atoms with E-state index in [-0.39, 0.29) is 6.61 Å². The number of rotatable bonds is 7. The average Bonchev–Trinajstić information content (AvgIpc) is 2.30. The average molecular weight is 222 g/mol. The first kappa shape index (κ1) is 13.1. The van der Waals surface area contributed by atoms with E-state index in [1.807, 2.05) is 12.3 Å². The fourth-order valence-corrected chi connectivity index (χ4v) is 1.84. The summed E-state index contributed by atoms with van der Waals surface area (Å²) in [6, 6.07) is 4.75. The van der Waals surface area contributed by atoms with Gasteiger partial charge in [0.05, 0.1) is 0 Å². The highest BCUT2D eigenvalue weighted by molar-refractivity contribution is 5.13. The summed E-state index contributed by atoms with van der Waals surface area (Å²) in [7, 11) is 0. The maximum atomic E-state index is 8.90. The molecule has 1 aromatic rings. The second-order valence-corrected chi connectivity index (χ2v) is 4.21. The number of nitrogens with zero attached hydrogens (tertiary/aromatic N) is 1. The molecule has 0 saturated heterocycles. The van der Waals surface area contributed by atoms with Gasteiger partial charge in [-0.2, -0.15) is 0 Å². The molecule has 0 saturated carbocycles. The molecule has 0 bridgehead atoms. The van der Waals surface area contributed by atoms with Crippen LogP contribution in [0.25, 0.3) is 0 Å². The van der Waals surface area contributed by atoms with Gasteiger partial charge in [-0.3, -0.25) is 4.98 Å². The largest absolute Gasteiger partial charge is 0.396 e. The standard InChI is InChI=1S/C13H22N2O/c1-3-5-13(15-11(2)7-9-16)12-6-4-8-14-10-12/h4,6,8,10-11,13,15-16H,3,5,7,9H2,1-2H3. The highest BCUT2D eigenvalue weighted by Gasteiger charge is 2.12. The minimum atomic E-state index is 0.236. The topological polar surface area (TPSA) is 45.1 Å². The van der Waals surface area contributed by atoms with Crippen molar-refractivity contribution in [1.82, 2.24) is 10.3 Å². The van der Waals surface area contributed by atoms with Gasteiger partial charge in [-0.1, -0.05) is 19.4 Å². The third kappa shape index (κ3) is 4.29.